The fraction of sp³-hybridized carbons (Fsp3) is 0.300. The van der Waals surface area contributed by atoms with Crippen molar-refractivity contribution in [3.8, 4) is 11.3 Å². The first-order valence-electron chi connectivity index (χ1n) is 9.00. The third kappa shape index (κ3) is 4.14. The minimum absolute atomic E-state index is 0.167. The summed E-state index contributed by atoms with van der Waals surface area (Å²) in [6.07, 6.45) is 3.92. The summed E-state index contributed by atoms with van der Waals surface area (Å²) in [4.78, 5) is 29.8. The number of aromatic nitrogens is 3. The molecule has 0 atom stereocenters. The average Bonchev–Trinajstić information content (AvgIpc) is 3.16. The van der Waals surface area contributed by atoms with Crippen molar-refractivity contribution < 1.29 is 4.79 Å². The van der Waals surface area contributed by atoms with Crippen molar-refractivity contribution in [1.82, 2.24) is 19.9 Å². The molecule has 1 aromatic carbocycles. The summed E-state index contributed by atoms with van der Waals surface area (Å²) in [6.45, 7) is 4.93. The zero-order valence-electron chi connectivity index (χ0n) is 15.2. The molecule has 2 aromatic heterocycles. The van der Waals surface area contributed by atoms with Gasteiger partial charge in [0.2, 0.25) is 11.9 Å². The lowest BCUT2D eigenvalue weighted by Gasteiger charge is -2.34. The van der Waals surface area contributed by atoms with Crippen LogP contribution < -0.4 is 4.90 Å². The highest BCUT2D eigenvalue weighted by molar-refractivity contribution is 7.09. The molecule has 4 rings (SSSR count). The standard InChI is InChI=1S/C20H21N5OS/c1-15-23-18(14-27-15)17-5-3-16(4-6-17)13-19(26)24-9-11-25(12-10-24)20-21-7-2-8-22-20/h2-8,14H,9-13H2,1H3. The Labute approximate surface area is 162 Å². The summed E-state index contributed by atoms with van der Waals surface area (Å²) in [6, 6.07) is 9.94. The van der Waals surface area contributed by atoms with Gasteiger partial charge in [-0.2, -0.15) is 0 Å². The molecule has 3 heterocycles. The molecule has 0 saturated carbocycles. The van der Waals surface area contributed by atoms with Gasteiger partial charge in [0, 0.05) is 49.5 Å². The summed E-state index contributed by atoms with van der Waals surface area (Å²) in [5.41, 5.74) is 3.12. The number of benzene rings is 1. The van der Waals surface area contributed by atoms with Crippen molar-refractivity contribution in [3.63, 3.8) is 0 Å². The van der Waals surface area contributed by atoms with Crippen LogP contribution in [0.1, 0.15) is 10.6 Å². The number of carbonyl (C=O) groups is 1. The van der Waals surface area contributed by atoms with Gasteiger partial charge in [-0.25, -0.2) is 15.0 Å². The Kier molecular flexibility index (Phi) is 5.11. The quantitative estimate of drug-likeness (QED) is 0.698. The first-order chi connectivity index (χ1) is 13.2. The molecule has 0 N–H and O–H groups in total. The maximum absolute atomic E-state index is 12.6. The number of piperazine rings is 1. The molecule has 0 bridgehead atoms. The molecule has 138 valence electrons. The zero-order valence-corrected chi connectivity index (χ0v) is 16.0. The molecule has 3 aromatic rings. The van der Waals surface area contributed by atoms with Crippen LogP contribution in [0.3, 0.4) is 0 Å². The van der Waals surface area contributed by atoms with Crippen molar-refractivity contribution in [3.05, 3.63) is 58.7 Å². The van der Waals surface area contributed by atoms with Crippen LogP contribution >= 0.6 is 11.3 Å². The molecule has 7 heteroatoms. The molecule has 0 spiro atoms. The van der Waals surface area contributed by atoms with Crippen molar-refractivity contribution >= 4 is 23.2 Å². The van der Waals surface area contributed by atoms with E-state index in [9.17, 15) is 4.79 Å². The van der Waals surface area contributed by atoms with Crippen LogP contribution in [0, 0.1) is 6.92 Å². The summed E-state index contributed by atoms with van der Waals surface area (Å²) in [5, 5.41) is 3.12. The van der Waals surface area contributed by atoms with Gasteiger partial charge < -0.3 is 9.80 Å². The Balaban J connectivity index is 1.33. The minimum Gasteiger partial charge on any atom is -0.339 e. The fourth-order valence-electron chi connectivity index (χ4n) is 3.19. The average molecular weight is 379 g/mol. The van der Waals surface area contributed by atoms with E-state index >= 15 is 0 Å². The lowest BCUT2D eigenvalue weighted by Crippen LogP contribution is -2.49. The molecule has 0 unspecified atom stereocenters. The molecule has 0 radical (unpaired) electrons. The second kappa shape index (κ2) is 7.84. The number of hydrogen-bond acceptors (Lipinski definition) is 6. The van der Waals surface area contributed by atoms with E-state index in [4.69, 9.17) is 0 Å². The maximum atomic E-state index is 12.6. The van der Waals surface area contributed by atoms with Gasteiger partial charge in [0.1, 0.15) is 0 Å². The Morgan fingerprint density at radius 1 is 1.07 bits per heavy atom. The summed E-state index contributed by atoms with van der Waals surface area (Å²) < 4.78 is 0. The third-order valence-electron chi connectivity index (χ3n) is 4.69. The van der Waals surface area contributed by atoms with E-state index in [1.165, 1.54) is 0 Å². The van der Waals surface area contributed by atoms with Crippen LogP contribution in [-0.4, -0.2) is 51.9 Å². The van der Waals surface area contributed by atoms with Gasteiger partial charge in [-0.05, 0) is 18.6 Å². The molecular weight excluding hydrogens is 358 g/mol. The Morgan fingerprint density at radius 3 is 2.41 bits per heavy atom. The van der Waals surface area contributed by atoms with Gasteiger partial charge >= 0.3 is 0 Å². The number of anilines is 1. The molecule has 1 aliphatic rings. The normalized spacial score (nSPS) is 14.4. The summed E-state index contributed by atoms with van der Waals surface area (Å²) in [7, 11) is 0. The lowest BCUT2D eigenvalue weighted by molar-refractivity contribution is -0.130. The van der Waals surface area contributed by atoms with Gasteiger partial charge in [-0.15, -0.1) is 11.3 Å². The Hall–Kier alpha value is -2.80. The third-order valence-corrected chi connectivity index (χ3v) is 5.46. The van der Waals surface area contributed by atoms with E-state index in [0.29, 0.717) is 19.5 Å². The van der Waals surface area contributed by atoms with E-state index in [-0.39, 0.29) is 5.91 Å². The number of aryl methyl sites for hydroxylation is 1. The Bertz CT molecular complexity index is 902. The van der Waals surface area contributed by atoms with E-state index < -0.39 is 0 Å². The number of amides is 1. The monoisotopic (exact) mass is 379 g/mol. The van der Waals surface area contributed by atoms with Crippen LogP contribution in [0.5, 0.6) is 0 Å². The number of rotatable bonds is 4. The van der Waals surface area contributed by atoms with E-state index in [1.54, 1.807) is 23.7 Å². The molecule has 1 saturated heterocycles. The van der Waals surface area contributed by atoms with Crippen molar-refractivity contribution in [2.24, 2.45) is 0 Å². The fourth-order valence-corrected chi connectivity index (χ4v) is 3.81. The van der Waals surface area contributed by atoms with Crippen LogP contribution in [0.4, 0.5) is 5.95 Å². The molecule has 1 amide bonds. The van der Waals surface area contributed by atoms with Crippen LogP contribution in [0.25, 0.3) is 11.3 Å². The summed E-state index contributed by atoms with van der Waals surface area (Å²) >= 11 is 1.65. The molecule has 0 aliphatic carbocycles. The van der Waals surface area contributed by atoms with E-state index in [1.807, 2.05) is 42.2 Å². The first-order valence-corrected chi connectivity index (χ1v) is 9.88. The molecule has 1 fully saturated rings. The van der Waals surface area contributed by atoms with Gasteiger partial charge in [0.25, 0.3) is 0 Å². The first kappa shape index (κ1) is 17.6. The summed E-state index contributed by atoms with van der Waals surface area (Å²) in [5.74, 6) is 0.901. The van der Waals surface area contributed by atoms with Crippen LogP contribution in [0.2, 0.25) is 0 Å². The smallest absolute Gasteiger partial charge is 0.227 e. The second-order valence-corrected chi connectivity index (χ2v) is 7.60. The highest BCUT2D eigenvalue weighted by Gasteiger charge is 2.22. The Morgan fingerprint density at radius 2 is 1.78 bits per heavy atom. The number of nitrogens with zero attached hydrogens (tertiary/aromatic N) is 5. The maximum Gasteiger partial charge on any atom is 0.227 e. The van der Waals surface area contributed by atoms with Crippen molar-refractivity contribution in [1.29, 1.82) is 0 Å². The second-order valence-electron chi connectivity index (χ2n) is 6.54. The minimum atomic E-state index is 0.167. The number of thiazole rings is 1. The van der Waals surface area contributed by atoms with Gasteiger partial charge in [0.15, 0.2) is 0 Å². The predicted molar refractivity (Wildman–Crippen MR) is 107 cm³/mol. The van der Waals surface area contributed by atoms with Crippen LogP contribution in [0.15, 0.2) is 48.1 Å². The largest absolute Gasteiger partial charge is 0.339 e. The van der Waals surface area contributed by atoms with Crippen LogP contribution in [-0.2, 0) is 11.2 Å². The predicted octanol–water partition coefficient (Wildman–Crippen LogP) is 2.80. The van der Waals surface area contributed by atoms with Crippen molar-refractivity contribution in [2.75, 3.05) is 31.1 Å². The highest BCUT2D eigenvalue weighted by atomic mass is 32.1. The molecule has 27 heavy (non-hydrogen) atoms. The molecular formula is C20H21N5OS. The topological polar surface area (TPSA) is 62.2 Å². The number of carbonyl (C=O) groups excluding carboxylic acids is 1. The zero-order chi connectivity index (χ0) is 18.6. The van der Waals surface area contributed by atoms with E-state index in [2.05, 4.69) is 25.2 Å². The highest BCUT2D eigenvalue weighted by Crippen LogP contribution is 2.22. The molecule has 1 aliphatic heterocycles. The molecule has 6 nitrogen and oxygen atoms in total. The SMILES string of the molecule is Cc1nc(-c2ccc(CC(=O)N3CCN(c4ncccn4)CC3)cc2)cs1. The van der Waals surface area contributed by atoms with E-state index in [0.717, 1.165) is 40.9 Å². The van der Waals surface area contributed by atoms with Gasteiger partial charge in [-0.1, -0.05) is 24.3 Å². The lowest BCUT2D eigenvalue weighted by atomic mass is 10.1. The number of hydrogen-bond donors (Lipinski definition) is 0. The van der Waals surface area contributed by atoms with Gasteiger partial charge in [-0.3, -0.25) is 4.79 Å². The van der Waals surface area contributed by atoms with Gasteiger partial charge in [0.05, 0.1) is 17.1 Å². The van der Waals surface area contributed by atoms with Crippen molar-refractivity contribution in [2.45, 2.75) is 13.3 Å².